The van der Waals surface area contributed by atoms with E-state index >= 15 is 0 Å². The number of hydrogen-bond acceptors (Lipinski definition) is 4. The Hall–Kier alpha value is -1.65. The normalized spacial score (nSPS) is 11.4. The van der Waals surface area contributed by atoms with Crippen molar-refractivity contribution in [1.29, 1.82) is 0 Å². The van der Waals surface area contributed by atoms with Crippen molar-refractivity contribution in [1.82, 2.24) is 9.97 Å². The number of benzene rings is 1. The van der Waals surface area contributed by atoms with E-state index in [0.717, 1.165) is 16.9 Å². The topological polar surface area (TPSA) is 58.0 Å². The predicted octanol–water partition coefficient (Wildman–Crippen LogP) is 3.66. The molecule has 0 aliphatic rings. The summed E-state index contributed by atoms with van der Waals surface area (Å²) >= 11 is 5.95. The average Bonchev–Trinajstić information content (AvgIpc) is 2.37. The van der Waals surface area contributed by atoms with Crippen molar-refractivity contribution < 1.29 is 5.11 Å². The van der Waals surface area contributed by atoms with Crippen LogP contribution in [0.5, 0.6) is 0 Å². The van der Waals surface area contributed by atoms with Gasteiger partial charge in [-0.25, -0.2) is 9.97 Å². The fraction of sp³-hybridized carbons (Fsp3) is 0.333. The summed E-state index contributed by atoms with van der Waals surface area (Å²) in [6, 6.07) is 7.37. The predicted molar refractivity (Wildman–Crippen MR) is 81.4 cm³/mol. The second-order valence-corrected chi connectivity index (χ2v) is 6.05. The number of nitrogens with zero attached hydrogens (tertiary/aromatic N) is 2. The van der Waals surface area contributed by atoms with Gasteiger partial charge >= 0.3 is 0 Å². The first-order valence-corrected chi connectivity index (χ1v) is 6.78. The summed E-state index contributed by atoms with van der Waals surface area (Å²) in [5, 5.41) is 13.2. The molecular weight excluding hydrogens is 274 g/mol. The molecule has 2 rings (SSSR count). The summed E-state index contributed by atoms with van der Waals surface area (Å²) in [4.78, 5) is 8.74. The SMILES string of the molecule is CC(C)(C)c1nc(Nc2cccc(Cl)c2)ncc1CO. The van der Waals surface area contributed by atoms with E-state index in [1.54, 1.807) is 6.20 Å². The Morgan fingerprint density at radius 2 is 2.05 bits per heavy atom. The number of aliphatic hydroxyl groups is 1. The molecule has 5 heteroatoms. The van der Waals surface area contributed by atoms with Gasteiger partial charge in [0.05, 0.1) is 12.3 Å². The number of aromatic nitrogens is 2. The molecule has 1 aromatic heterocycles. The average molecular weight is 292 g/mol. The van der Waals surface area contributed by atoms with Gasteiger partial charge in [0.25, 0.3) is 0 Å². The highest BCUT2D eigenvalue weighted by Gasteiger charge is 2.20. The molecule has 0 aliphatic heterocycles. The van der Waals surface area contributed by atoms with E-state index in [9.17, 15) is 5.11 Å². The molecule has 1 aromatic carbocycles. The molecule has 106 valence electrons. The largest absolute Gasteiger partial charge is 0.392 e. The molecule has 2 N–H and O–H groups in total. The van der Waals surface area contributed by atoms with Crippen molar-refractivity contribution in [2.75, 3.05) is 5.32 Å². The minimum atomic E-state index is -0.161. The van der Waals surface area contributed by atoms with Crippen molar-refractivity contribution in [2.45, 2.75) is 32.8 Å². The molecule has 0 fully saturated rings. The van der Waals surface area contributed by atoms with Gasteiger partial charge < -0.3 is 10.4 Å². The van der Waals surface area contributed by atoms with Crippen LogP contribution < -0.4 is 5.32 Å². The minimum absolute atomic E-state index is 0.0654. The maximum atomic E-state index is 9.38. The van der Waals surface area contributed by atoms with Crippen LogP contribution in [0.3, 0.4) is 0 Å². The first-order valence-electron chi connectivity index (χ1n) is 6.40. The van der Waals surface area contributed by atoms with E-state index in [2.05, 4.69) is 36.1 Å². The molecule has 0 amide bonds. The summed E-state index contributed by atoms with van der Waals surface area (Å²) in [6.07, 6.45) is 1.65. The van der Waals surface area contributed by atoms with Gasteiger partial charge in [-0.3, -0.25) is 0 Å². The van der Waals surface area contributed by atoms with Crippen LogP contribution in [0.2, 0.25) is 5.02 Å². The fourth-order valence-corrected chi connectivity index (χ4v) is 2.12. The number of aliphatic hydroxyl groups excluding tert-OH is 1. The second kappa shape index (κ2) is 5.77. The smallest absolute Gasteiger partial charge is 0.227 e. The Bertz CT molecular complexity index is 608. The molecule has 1 heterocycles. The number of nitrogens with one attached hydrogen (secondary N) is 1. The van der Waals surface area contributed by atoms with E-state index in [-0.39, 0.29) is 12.0 Å². The zero-order valence-electron chi connectivity index (χ0n) is 11.8. The number of hydrogen-bond donors (Lipinski definition) is 2. The maximum Gasteiger partial charge on any atom is 0.227 e. The summed E-state index contributed by atoms with van der Waals surface area (Å²) in [5.41, 5.74) is 2.24. The number of anilines is 2. The van der Waals surface area contributed by atoms with Gasteiger partial charge in [-0.2, -0.15) is 0 Å². The lowest BCUT2D eigenvalue weighted by molar-refractivity contribution is 0.277. The zero-order chi connectivity index (χ0) is 14.8. The van der Waals surface area contributed by atoms with Crippen LogP contribution in [-0.4, -0.2) is 15.1 Å². The van der Waals surface area contributed by atoms with Gasteiger partial charge in [0.1, 0.15) is 0 Å². The quantitative estimate of drug-likeness (QED) is 0.906. The van der Waals surface area contributed by atoms with Crippen molar-refractivity contribution in [3.8, 4) is 0 Å². The van der Waals surface area contributed by atoms with Crippen LogP contribution >= 0.6 is 11.6 Å². The van der Waals surface area contributed by atoms with Crippen molar-refractivity contribution in [2.24, 2.45) is 0 Å². The van der Waals surface area contributed by atoms with Crippen molar-refractivity contribution in [3.05, 3.63) is 46.7 Å². The first-order chi connectivity index (χ1) is 9.40. The molecule has 20 heavy (non-hydrogen) atoms. The van der Waals surface area contributed by atoms with E-state index < -0.39 is 0 Å². The molecule has 4 nitrogen and oxygen atoms in total. The van der Waals surface area contributed by atoms with Crippen LogP contribution in [0.25, 0.3) is 0 Å². The minimum Gasteiger partial charge on any atom is -0.392 e. The molecule has 2 aromatic rings. The third-order valence-corrected chi connectivity index (χ3v) is 3.06. The molecule has 0 radical (unpaired) electrons. The van der Waals surface area contributed by atoms with Crippen LogP contribution in [-0.2, 0) is 12.0 Å². The lowest BCUT2D eigenvalue weighted by Crippen LogP contribution is -2.18. The van der Waals surface area contributed by atoms with Crippen LogP contribution in [0.15, 0.2) is 30.5 Å². The number of rotatable bonds is 3. The van der Waals surface area contributed by atoms with E-state index in [1.807, 2.05) is 24.3 Å². The van der Waals surface area contributed by atoms with E-state index in [1.165, 1.54) is 0 Å². The molecule has 0 spiro atoms. The van der Waals surface area contributed by atoms with Gasteiger partial charge in [0.2, 0.25) is 5.95 Å². The third kappa shape index (κ3) is 3.46. The first kappa shape index (κ1) is 14.8. The Kier molecular flexibility index (Phi) is 4.26. The third-order valence-electron chi connectivity index (χ3n) is 2.83. The molecule has 0 saturated carbocycles. The highest BCUT2D eigenvalue weighted by Crippen LogP contribution is 2.25. The fourth-order valence-electron chi connectivity index (χ4n) is 1.93. The monoisotopic (exact) mass is 291 g/mol. The van der Waals surface area contributed by atoms with Crippen molar-refractivity contribution in [3.63, 3.8) is 0 Å². The van der Waals surface area contributed by atoms with Gasteiger partial charge in [-0.1, -0.05) is 38.4 Å². The Morgan fingerprint density at radius 3 is 2.65 bits per heavy atom. The van der Waals surface area contributed by atoms with Crippen LogP contribution in [0.4, 0.5) is 11.6 Å². The summed E-state index contributed by atoms with van der Waals surface area (Å²) < 4.78 is 0. The van der Waals surface area contributed by atoms with Crippen LogP contribution in [0, 0.1) is 0 Å². The maximum absolute atomic E-state index is 9.38. The zero-order valence-corrected chi connectivity index (χ0v) is 12.6. The van der Waals surface area contributed by atoms with Gasteiger partial charge in [0, 0.05) is 27.9 Å². The molecular formula is C15H18ClN3O. The lowest BCUT2D eigenvalue weighted by atomic mass is 9.89. The summed E-state index contributed by atoms with van der Waals surface area (Å²) in [5.74, 6) is 0.495. The molecule has 0 bridgehead atoms. The van der Waals surface area contributed by atoms with E-state index in [0.29, 0.717) is 11.0 Å². The van der Waals surface area contributed by atoms with Crippen LogP contribution in [0.1, 0.15) is 32.0 Å². The summed E-state index contributed by atoms with van der Waals surface area (Å²) in [7, 11) is 0. The van der Waals surface area contributed by atoms with Gasteiger partial charge in [-0.05, 0) is 18.2 Å². The summed E-state index contributed by atoms with van der Waals surface area (Å²) in [6.45, 7) is 6.09. The van der Waals surface area contributed by atoms with Gasteiger partial charge in [0.15, 0.2) is 0 Å². The number of halogens is 1. The van der Waals surface area contributed by atoms with E-state index in [4.69, 9.17) is 11.6 Å². The Morgan fingerprint density at radius 1 is 1.30 bits per heavy atom. The molecule has 0 atom stereocenters. The lowest BCUT2D eigenvalue weighted by Gasteiger charge is -2.21. The second-order valence-electron chi connectivity index (χ2n) is 5.61. The highest BCUT2D eigenvalue weighted by atomic mass is 35.5. The van der Waals surface area contributed by atoms with Crippen molar-refractivity contribution >= 4 is 23.2 Å². The highest BCUT2D eigenvalue weighted by molar-refractivity contribution is 6.30. The standard InChI is InChI=1S/C15H18ClN3O/c1-15(2,3)13-10(9-20)8-17-14(19-13)18-12-6-4-5-11(16)7-12/h4-8,20H,9H2,1-3H3,(H,17,18,19). The molecule has 0 aliphatic carbocycles. The Balaban J connectivity index is 2.34. The molecule has 0 unspecified atom stereocenters. The Labute approximate surface area is 123 Å². The van der Waals surface area contributed by atoms with Gasteiger partial charge in [-0.15, -0.1) is 0 Å². The molecule has 0 saturated heterocycles.